The molecule has 0 fully saturated rings. The molecule has 0 saturated heterocycles. The topological polar surface area (TPSA) is 39.4 Å². The molecule has 0 aliphatic heterocycles. The quantitative estimate of drug-likeness (QED) is 0.640. The van der Waals surface area contributed by atoms with Gasteiger partial charge in [-0.2, -0.15) is 0 Å². The summed E-state index contributed by atoms with van der Waals surface area (Å²) in [7, 11) is 1.58. The molecule has 0 saturated carbocycles. The van der Waals surface area contributed by atoms with Gasteiger partial charge in [0.25, 0.3) is 0 Å². The maximum atomic E-state index is 12.5. The number of benzene rings is 2. The summed E-state index contributed by atoms with van der Waals surface area (Å²) in [5, 5.41) is 0.517. The Morgan fingerprint density at radius 2 is 1.92 bits per heavy atom. The summed E-state index contributed by atoms with van der Waals surface area (Å²) in [6.07, 6.45) is 6.10. The van der Waals surface area contributed by atoms with Crippen molar-refractivity contribution in [1.29, 1.82) is 0 Å². The Balaban J connectivity index is 2.11. The van der Waals surface area contributed by atoms with E-state index in [1.165, 1.54) is 6.07 Å². The highest BCUT2D eigenvalue weighted by molar-refractivity contribution is 5.83. The zero-order chi connectivity index (χ0) is 16.9. The molecule has 3 nitrogen and oxygen atoms in total. The molecule has 0 N–H and O–H groups in total. The summed E-state index contributed by atoms with van der Waals surface area (Å²) in [5.74, 6) is 1.16. The molecular formula is C21H18O3. The van der Waals surface area contributed by atoms with Crippen LogP contribution >= 0.6 is 0 Å². The molecule has 24 heavy (non-hydrogen) atoms. The number of methoxy groups -OCH3 is 1. The molecule has 2 aromatic carbocycles. The van der Waals surface area contributed by atoms with Crippen LogP contribution in [0.2, 0.25) is 0 Å². The summed E-state index contributed by atoms with van der Waals surface area (Å²) >= 11 is 0. The van der Waals surface area contributed by atoms with Gasteiger partial charge in [0.2, 0.25) is 0 Å². The average molecular weight is 318 g/mol. The van der Waals surface area contributed by atoms with Crippen LogP contribution in [-0.2, 0) is 6.42 Å². The molecular weight excluding hydrogens is 300 g/mol. The summed E-state index contributed by atoms with van der Waals surface area (Å²) < 4.78 is 11.2. The van der Waals surface area contributed by atoms with Crippen molar-refractivity contribution >= 4 is 23.1 Å². The third-order valence-electron chi connectivity index (χ3n) is 3.74. The molecule has 0 amide bonds. The van der Waals surface area contributed by atoms with E-state index in [1.54, 1.807) is 25.3 Å². The lowest BCUT2D eigenvalue weighted by molar-refractivity contribution is 0.414. The first-order valence-corrected chi connectivity index (χ1v) is 7.70. The molecule has 1 heterocycles. The first-order valence-electron chi connectivity index (χ1n) is 7.70. The van der Waals surface area contributed by atoms with Crippen molar-refractivity contribution in [3.8, 4) is 5.75 Å². The van der Waals surface area contributed by atoms with Crippen molar-refractivity contribution in [3.05, 3.63) is 88.3 Å². The fourth-order valence-corrected chi connectivity index (χ4v) is 2.57. The highest BCUT2D eigenvalue weighted by Gasteiger charge is 2.10. The van der Waals surface area contributed by atoms with Gasteiger partial charge in [-0.3, -0.25) is 4.79 Å². The maximum absolute atomic E-state index is 12.5. The zero-order valence-corrected chi connectivity index (χ0v) is 13.5. The van der Waals surface area contributed by atoms with E-state index >= 15 is 0 Å². The zero-order valence-electron chi connectivity index (χ0n) is 13.5. The third kappa shape index (κ3) is 3.30. The molecule has 3 aromatic rings. The van der Waals surface area contributed by atoms with E-state index in [9.17, 15) is 4.79 Å². The van der Waals surface area contributed by atoms with Crippen molar-refractivity contribution in [2.75, 3.05) is 7.11 Å². The van der Waals surface area contributed by atoms with Crippen LogP contribution in [0.15, 0.2) is 70.4 Å². The number of ether oxygens (including phenoxy) is 1. The van der Waals surface area contributed by atoms with Gasteiger partial charge in [-0.25, -0.2) is 0 Å². The number of fused-ring (bicyclic) bond motifs is 1. The van der Waals surface area contributed by atoms with Gasteiger partial charge in [-0.1, -0.05) is 42.5 Å². The molecule has 0 unspecified atom stereocenters. The van der Waals surface area contributed by atoms with Crippen molar-refractivity contribution in [2.45, 2.75) is 6.42 Å². The largest absolute Gasteiger partial charge is 0.497 e. The summed E-state index contributed by atoms with van der Waals surface area (Å²) in [4.78, 5) is 12.5. The van der Waals surface area contributed by atoms with Crippen LogP contribution in [0.4, 0.5) is 0 Å². The van der Waals surface area contributed by atoms with Crippen LogP contribution in [-0.4, -0.2) is 7.11 Å². The van der Waals surface area contributed by atoms with Gasteiger partial charge in [0, 0.05) is 11.6 Å². The Morgan fingerprint density at radius 3 is 2.62 bits per heavy atom. The molecule has 3 heteroatoms. The fraction of sp³-hybridized carbons (Fsp3) is 0.0952. The highest BCUT2D eigenvalue weighted by atomic mass is 16.5. The van der Waals surface area contributed by atoms with E-state index in [4.69, 9.17) is 9.15 Å². The fourth-order valence-electron chi connectivity index (χ4n) is 2.57. The van der Waals surface area contributed by atoms with Crippen LogP contribution in [0.3, 0.4) is 0 Å². The molecule has 1 aromatic heterocycles. The normalized spacial score (nSPS) is 11.0. The Kier molecular flexibility index (Phi) is 4.62. The van der Waals surface area contributed by atoms with Crippen molar-refractivity contribution in [2.24, 2.45) is 0 Å². The van der Waals surface area contributed by atoms with E-state index in [2.05, 4.69) is 6.58 Å². The molecule has 0 bridgehead atoms. The second-order valence-electron chi connectivity index (χ2n) is 5.41. The monoisotopic (exact) mass is 318 g/mol. The van der Waals surface area contributed by atoms with E-state index in [0.717, 1.165) is 11.1 Å². The predicted molar refractivity (Wildman–Crippen MR) is 98.3 cm³/mol. The van der Waals surface area contributed by atoms with E-state index in [-0.39, 0.29) is 5.43 Å². The standard InChI is InChI=1S/C21H18O3/c1-3-7-16-12-18(23-2)13-19-20(22)14-17(24-21(16)19)11-10-15-8-5-4-6-9-15/h3-6,8-14H,1,7H2,2H3. The molecule has 0 aliphatic carbocycles. The second-order valence-corrected chi connectivity index (χ2v) is 5.41. The number of hydrogen-bond donors (Lipinski definition) is 0. The minimum Gasteiger partial charge on any atom is -0.497 e. The molecule has 0 aliphatic rings. The van der Waals surface area contributed by atoms with Crippen molar-refractivity contribution in [1.82, 2.24) is 0 Å². The van der Waals surface area contributed by atoms with Crippen LogP contribution in [0.1, 0.15) is 16.9 Å². The number of allylic oxidation sites excluding steroid dienone is 1. The van der Waals surface area contributed by atoms with Gasteiger partial charge in [-0.05, 0) is 30.2 Å². The number of hydrogen-bond acceptors (Lipinski definition) is 3. The minimum absolute atomic E-state index is 0.0897. The lowest BCUT2D eigenvalue weighted by atomic mass is 10.1. The maximum Gasteiger partial charge on any atom is 0.193 e. The summed E-state index contributed by atoms with van der Waals surface area (Å²) in [6, 6.07) is 14.9. The van der Waals surface area contributed by atoms with E-state index < -0.39 is 0 Å². The Labute approximate surface area is 140 Å². The molecule has 3 rings (SSSR count). The van der Waals surface area contributed by atoms with E-state index in [0.29, 0.717) is 28.9 Å². The van der Waals surface area contributed by atoms with Gasteiger partial charge in [0.1, 0.15) is 17.1 Å². The van der Waals surface area contributed by atoms with Crippen LogP contribution in [0.25, 0.3) is 23.1 Å². The predicted octanol–water partition coefficient (Wildman–Crippen LogP) is 4.70. The van der Waals surface area contributed by atoms with Gasteiger partial charge in [0.15, 0.2) is 5.43 Å². The number of rotatable bonds is 5. The Hall–Kier alpha value is -3.07. The molecule has 0 spiro atoms. The van der Waals surface area contributed by atoms with Crippen LogP contribution < -0.4 is 10.2 Å². The second kappa shape index (κ2) is 7.01. The molecule has 0 atom stereocenters. The SMILES string of the molecule is C=CCc1cc(OC)cc2c(=O)cc(C=Cc3ccccc3)oc12. The molecule has 0 radical (unpaired) electrons. The Morgan fingerprint density at radius 1 is 1.12 bits per heavy atom. The van der Waals surface area contributed by atoms with Crippen molar-refractivity contribution < 1.29 is 9.15 Å². The highest BCUT2D eigenvalue weighted by Crippen LogP contribution is 2.25. The van der Waals surface area contributed by atoms with Crippen molar-refractivity contribution in [3.63, 3.8) is 0 Å². The molecule has 120 valence electrons. The third-order valence-corrected chi connectivity index (χ3v) is 3.74. The summed E-state index contributed by atoms with van der Waals surface area (Å²) in [5.41, 5.74) is 2.41. The first kappa shape index (κ1) is 15.8. The average Bonchev–Trinajstić information content (AvgIpc) is 2.61. The smallest absolute Gasteiger partial charge is 0.193 e. The lowest BCUT2D eigenvalue weighted by Gasteiger charge is -2.08. The van der Waals surface area contributed by atoms with E-state index in [1.807, 2.05) is 42.5 Å². The van der Waals surface area contributed by atoms with Gasteiger partial charge >= 0.3 is 0 Å². The minimum atomic E-state index is -0.0897. The van der Waals surface area contributed by atoms with Gasteiger partial charge in [-0.15, -0.1) is 6.58 Å². The van der Waals surface area contributed by atoms with Crippen LogP contribution in [0, 0.1) is 0 Å². The summed E-state index contributed by atoms with van der Waals surface area (Å²) in [6.45, 7) is 3.76. The lowest BCUT2D eigenvalue weighted by Crippen LogP contribution is -2.03. The Bertz CT molecular complexity index is 950. The van der Waals surface area contributed by atoms with Crippen LogP contribution in [0.5, 0.6) is 5.75 Å². The van der Waals surface area contributed by atoms with Gasteiger partial charge in [0.05, 0.1) is 12.5 Å². The van der Waals surface area contributed by atoms with Gasteiger partial charge < -0.3 is 9.15 Å². The first-order chi connectivity index (χ1) is 11.7.